The van der Waals surface area contributed by atoms with Gasteiger partial charge in [0.25, 0.3) is 0 Å². The summed E-state index contributed by atoms with van der Waals surface area (Å²) in [5, 5.41) is 2.98. The summed E-state index contributed by atoms with van der Waals surface area (Å²) in [7, 11) is 2.11. The molecule has 2 rings (SSSR count). The summed E-state index contributed by atoms with van der Waals surface area (Å²) in [6, 6.07) is 18.0. The van der Waals surface area contributed by atoms with Crippen LogP contribution in [-0.4, -0.2) is 29.9 Å². The zero-order valence-corrected chi connectivity index (χ0v) is 15.4. The van der Waals surface area contributed by atoms with Crippen molar-refractivity contribution in [3.05, 3.63) is 71.3 Å². The highest BCUT2D eigenvalue weighted by atomic mass is 16.2. The summed E-state index contributed by atoms with van der Waals surface area (Å²) in [4.78, 5) is 14.6. The molecule has 3 N–H and O–H groups in total. The highest BCUT2D eigenvalue weighted by molar-refractivity contribution is 5.81. The van der Waals surface area contributed by atoms with Crippen LogP contribution in [0.25, 0.3) is 0 Å². The molecule has 0 aromatic heterocycles. The third-order valence-electron chi connectivity index (χ3n) is 4.51. The number of rotatable bonds is 8. The van der Waals surface area contributed by atoms with E-state index in [0.29, 0.717) is 19.0 Å². The Balaban J connectivity index is 1.93. The largest absolute Gasteiger partial charge is 0.351 e. The molecule has 0 heterocycles. The van der Waals surface area contributed by atoms with Gasteiger partial charge in [0.2, 0.25) is 5.91 Å². The minimum atomic E-state index is -0.534. The molecule has 0 saturated heterocycles. The number of hydrogen-bond donors (Lipinski definition) is 2. The Labute approximate surface area is 151 Å². The summed E-state index contributed by atoms with van der Waals surface area (Å²) in [6.45, 7) is 5.71. The van der Waals surface area contributed by atoms with Gasteiger partial charge in [-0.25, -0.2) is 0 Å². The van der Waals surface area contributed by atoms with E-state index in [0.717, 1.165) is 17.7 Å². The van der Waals surface area contributed by atoms with Crippen LogP contribution in [0.15, 0.2) is 54.6 Å². The van der Waals surface area contributed by atoms with Crippen LogP contribution < -0.4 is 11.1 Å². The Morgan fingerprint density at radius 2 is 1.64 bits per heavy atom. The minimum absolute atomic E-state index is 0.115. The second kappa shape index (κ2) is 9.35. The molecule has 0 spiro atoms. The van der Waals surface area contributed by atoms with Gasteiger partial charge in [0.1, 0.15) is 0 Å². The van der Waals surface area contributed by atoms with Crippen LogP contribution in [0.1, 0.15) is 30.5 Å². The molecule has 2 aromatic rings. The SMILES string of the molecule is CC(C)N(C)Cc1ccccc1CNC(=O)C(N)Cc1ccccc1. The number of amides is 1. The molecule has 0 aliphatic heterocycles. The molecule has 1 unspecified atom stereocenters. The van der Waals surface area contributed by atoms with Gasteiger partial charge in [-0.1, -0.05) is 54.6 Å². The lowest BCUT2D eigenvalue weighted by molar-refractivity contribution is -0.122. The molecule has 2 aromatic carbocycles. The van der Waals surface area contributed by atoms with Gasteiger partial charge >= 0.3 is 0 Å². The van der Waals surface area contributed by atoms with E-state index >= 15 is 0 Å². The average molecular weight is 339 g/mol. The normalized spacial score (nSPS) is 12.4. The van der Waals surface area contributed by atoms with Crippen molar-refractivity contribution in [3.8, 4) is 0 Å². The maximum absolute atomic E-state index is 12.3. The number of nitrogens with one attached hydrogen (secondary N) is 1. The van der Waals surface area contributed by atoms with Crippen molar-refractivity contribution in [2.45, 2.75) is 45.4 Å². The average Bonchev–Trinajstić information content (AvgIpc) is 2.61. The molecule has 1 amide bonds. The van der Waals surface area contributed by atoms with Crippen molar-refractivity contribution < 1.29 is 4.79 Å². The van der Waals surface area contributed by atoms with Gasteiger partial charge in [-0.15, -0.1) is 0 Å². The molecule has 1 atom stereocenters. The molecule has 0 fully saturated rings. The molecular weight excluding hydrogens is 310 g/mol. The number of carbonyl (C=O) groups excluding carboxylic acids is 1. The van der Waals surface area contributed by atoms with Crippen molar-refractivity contribution in [2.75, 3.05) is 7.05 Å². The predicted molar refractivity (Wildman–Crippen MR) is 103 cm³/mol. The predicted octanol–water partition coefficient (Wildman–Crippen LogP) is 2.71. The fourth-order valence-electron chi connectivity index (χ4n) is 2.61. The molecular formula is C21H29N3O. The van der Waals surface area contributed by atoms with E-state index in [2.05, 4.69) is 43.2 Å². The maximum Gasteiger partial charge on any atom is 0.237 e. The first-order valence-corrected chi connectivity index (χ1v) is 8.81. The first-order valence-electron chi connectivity index (χ1n) is 8.81. The lowest BCUT2D eigenvalue weighted by Gasteiger charge is -2.23. The van der Waals surface area contributed by atoms with Crippen LogP contribution in [0.4, 0.5) is 0 Å². The molecule has 0 radical (unpaired) electrons. The van der Waals surface area contributed by atoms with Gasteiger partial charge in [-0.05, 0) is 44.0 Å². The van der Waals surface area contributed by atoms with E-state index in [1.165, 1.54) is 5.56 Å². The van der Waals surface area contributed by atoms with Crippen molar-refractivity contribution in [2.24, 2.45) is 5.73 Å². The Kier molecular flexibility index (Phi) is 7.16. The monoisotopic (exact) mass is 339 g/mol. The quantitative estimate of drug-likeness (QED) is 0.777. The molecule has 4 heteroatoms. The molecule has 0 saturated carbocycles. The molecule has 0 bridgehead atoms. The molecule has 134 valence electrons. The number of benzene rings is 2. The van der Waals surface area contributed by atoms with Crippen LogP contribution in [-0.2, 0) is 24.3 Å². The number of nitrogens with zero attached hydrogens (tertiary/aromatic N) is 1. The Hall–Kier alpha value is -2.17. The lowest BCUT2D eigenvalue weighted by Crippen LogP contribution is -2.41. The summed E-state index contributed by atoms with van der Waals surface area (Å²) >= 11 is 0. The molecule has 4 nitrogen and oxygen atoms in total. The second-order valence-corrected chi connectivity index (χ2v) is 6.79. The van der Waals surface area contributed by atoms with Crippen LogP contribution in [0.5, 0.6) is 0 Å². The van der Waals surface area contributed by atoms with Gasteiger partial charge in [-0.2, -0.15) is 0 Å². The summed E-state index contributed by atoms with van der Waals surface area (Å²) in [5.74, 6) is -0.115. The summed E-state index contributed by atoms with van der Waals surface area (Å²) < 4.78 is 0. The fraction of sp³-hybridized carbons (Fsp3) is 0.381. The van der Waals surface area contributed by atoms with Gasteiger partial charge in [0.05, 0.1) is 6.04 Å². The van der Waals surface area contributed by atoms with Crippen LogP contribution in [0, 0.1) is 0 Å². The van der Waals surface area contributed by atoms with E-state index in [1.807, 2.05) is 42.5 Å². The van der Waals surface area contributed by atoms with E-state index in [1.54, 1.807) is 0 Å². The van der Waals surface area contributed by atoms with Gasteiger partial charge in [0, 0.05) is 19.1 Å². The minimum Gasteiger partial charge on any atom is -0.351 e. The first-order chi connectivity index (χ1) is 12.0. The van der Waals surface area contributed by atoms with E-state index in [4.69, 9.17) is 5.73 Å². The number of carbonyl (C=O) groups is 1. The number of nitrogens with two attached hydrogens (primary N) is 1. The third kappa shape index (κ3) is 6.00. The topological polar surface area (TPSA) is 58.4 Å². The Bertz CT molecular complexity index is 670. The standard InChI is InChI=1S/C21H29N3O/c1-16(2)24(3)15-19-12-8-7-11-18(19)14-23-21(25)20(22)13-17-9-5-4-6-10-17/h4-12,16,20H,13-15,22H2,1-3H3,(H,23,25). The van der Waals surface area contributed by atoms with E-state index in [-0.39, 0.29) is 5.91 Å². The van der Waals surface area contributed by atoms with Crippen LogP contribution in [0.3, 0.4) is 0 Å². The Morgan fingerprint density at radius 3 is 2.28 bits per heavy atom. The smallest absolute Gasteiger partial charge is 0.237 e. The zero-order valence-electron chi connectivity index (χ0n) is 15.4. The van der Waals surface area contributed by atoms with Crippen LogP contribution in [0.2, 0.25) is 0 Å². The zero-order chi connectivity index (χ0) is 18.2. The summed E-state index contributed by atoms with van der Waals surface area (Å²) in [5.41, 5.74) is 9.49. The molecule has 25 heavy (non-hydrogen) atoms. The molecule has 0 aliphatic rings. The van der Waals surface area contributed by atoms with Crippen molar-refractivity contribution >= 4 is 5.91 Å². The molecule has 0 aliphatic carbocycles. The van der Waals surface area contributed by atoms with Crippen molar-refractivity contribution in [3.63, 3.8) is 0 Å². The highest BCUT2D eigenvalue weighted by Crippen LogP contribution is 2.12. The second-order valence-electron chi connectivity index (χ2n) is 6.79. The fourth-order valence-corrected chi connectivity index (χ4v) is 2.61. The van der Waals surface area contributed by atoms with Crippen molar-refractivity contribution in [1.29, 1.82) is 0 Å². The highest BCUT2D eigenvalue weighted by Gasteiger charge is 2.14. The maximum atomic E-state index is 12.3. The summed E-state index contributed by atoms with van der Waals surface area (Å²) in [6.07, 6.45) is 0.546. The van der Waals surface area contributed by atoms with E-state index in [9.17, 15) is 4.79 Å². The Morgan fingerprint density at radius 1 is 1.04 bits per heavy atom. The van der Waals surface area contributed by atoms with Crippen molar-refractivity contribution in [1.82, 2.24) is 10.2 Å². The lowest BCUT2D eigenvalue weighted by atomic mass is 10.0. The van der Waals surface area contributed by atoms with E-state index < -0.39 is 6.04 Å². The number of hydrogen-bond acceptors (Lipinski definition) is 3. The van der Waals surface area contributed by atoms with Gasteiger partial charge < -0.3 is 11.1 Å². The third-order valence-corrected chi connectivity index (χ3v) is 4.51. The van der Waals surface area contributed by atoms with Gasteiger partial charge in [-0.3, -0.25) is 9.69 Å². The first kappa shape index (κ1) is 19.2. The van der Waals surface area contributed by atoms with Gasteiger partial charge in [0.15, 0.2) is 0 Å². The van der Waals surface area contributed by atoms with Crippen LogP contribution >= 0.6 is 0 Å².